The van der Waals surface area contributed by atoms with Crippen molar-refractivity contribution >= 4 is 45.4 Å². The maximum absolute atomic E-state index is 12.8. The Morgan fingerprint density at radius 3 is 2.58 bits per heavy atom. The Hall–Kier alpha value is -4.26. The van der Waals surface area contributed by atoms with Gasteiger partial charge in [0, 0.05) is 43.1 Å². The number of esters is 1. The predicted octanol–water partition coefficient (Wildman–Crippen LogP) is 4.52. The Morgan fingerprint density at radius 1 is 1.10 bits per heavy atom. The summed E-state index contributed by atoms with van der Waals surface area (Å²) < 4.78 is 48.7. The molecule has 0 bridgehead atoms. The van der Waals surface area contributed by atoms with E-state index >= 15 is 0 Å². The molecule has 1 aliphatic carbocycles. The predicted molar refractivity (Wildman–Crippen MR) is 140 cm³/mol. The van der Waals surface area contributed by atoms with Gasteiger partial charge < -0.3 is 25.1 Å². The number of nitrogens with one attached hydrogen (secondary N) is 3. The van der Waals surface area contributed by atoms with Gasteiger partial charge in [-0.2, -0.15) is 13.2 Å². The van der Waals surface area contributed by atoms with E-state index in [1.54, 1.807) is 19.3 Å². The van der Waals surface area contributed by atoms with Gasteiger partial charge in [0.2, 0.25) is 5.89 Å². The normalized spacial score (nSPS) is 17.1. The Morgan fingerprint density at radius 2 is 1.88 bits per heavy atom. The van der Waals surface area contributed by atoms with E-state index in [1.165, 1.54) is 11.8 Å². The zero-order valence-corrected chi connectivity index (χ0v) is 21.4. The van der Waals surface area contributed by atoms with Crippen molar-refractivity contribution in [1.82, 2.24) is 20.3 Å². The molecule has 0 radical (unpaired) electrons. The zero-order chi connectivity index (χ0) is 28.1. The van der Waals surface area contributed by atoms with E-state index < -0.39 is 23.7 Å². The number of carbonyl (C=O) groups excluding carboxylic acids is 2. The van der Waals surface area contributed by atoms with Crippen molar-refractivity contribution in [3.05, 3.63) is 42.2 Å². The van der Waals surface area contributed by atoms with Crippen LogP contribution in [0.2, 0.25) is 0 Å². The Labute approximate surface area is 225 Å². The number of rotatable bonds is 6. The van der Waals surface area contributed by atoms with Gasteiger partial charge in [0.25, 0.3) is 5.91 Å². The Balaban J connectivity index is 1.33. The van der Waals surface area contributed by atoms with Gasteiger partial charge in [-0.1, -0.05) is 6.07 Å². The molecule has 2 fully saturated rings. The first-order valence-corrected chi connectivity index (χ1v) is 12.9. The van der Waals surface area contributed by atoms with E-state index in [2.05, 4.69) is 36.7 Å². The molecule has 3 aromatic heterocycles. The summed E-state index contributed by atoms with van der Waals surface area (Å²) >= 11 is 0. The average molecular weight is 555 g/mol. The second-order valence-corrected chi connectivity index (χ2v) is 9.99. The molecular formula is C27H25F3N6O4. The third kappa shape index (κ3) is 4.81. The van der Waals surface area contributed by atoms with Crippen LogP contribution < -0.4 is 16.0 Å². The smallest absolute Gasteiger partial charge is 0.442 e. The minimum absolute atomic E-state index is 0.0183. The molecule has 4 aromatic rings. The molecule has 4 heterocycles. The lowest BCUT2D eigenvalue weighted by Crippen LogP contribution is -2.39. The van der Waals surface area contributed by atoms with Crippen molar-refractivity contribution in [2.75, 3.05) is 30.8 Å². The number of hydrogen-bond donors (Lipinski definition) is 3. The number of nitrogens with zero attached hydrogens (tertiary/aromatic N) is 3. The first kappa shape index (κ1) is 26.0. The second kappa shape index (κ2) is 9.73. The lowest BCUT2D eigenvalue weighted by molar-refractivity contribution is -0.206. The number of carbonyl (C=O) groups is 2. The van der Waals surface area contributed by atoms with Gasteiger partial charge >= 0.3 is 12.1 Å². The molecule has 0 atom stereocenters. The maximum atomic E-state index is 12.8. The summed E-state index contributed by atoms with van der Waals surface area (Å²) in [6, 6.07) is 7.57. The fraction of sp³-hybridized carbons (Fsp3) is 0.370. The monoisotopic (exact) mass is 554 g/mol. The minimum atomic E-state index is -5.20. The van der Waals surface area contributed by atoms with E-state index in [0.29, 0.717) is 45.1 Å². The van der Waals surface area contributed by atoms with Crippen molar-refractivity contribution in [2.24, 2.45) is 0 Å². The number of oxazole rings is 1. The van der Waals surface area contributed by atoms with E-state index in [4.69, 9.17) is 9.40 Å². The fourth-order valence-corrected chi connectivity index (χ4v) is 5.00. The minimum Gasteiger partial charge on any atom is -0.442 e. The van der Waals surface area contributed by atoms with Gasteiger partial charge in [-0.3, -0.25) is 4.79 Å². The van der Waals surface area contributed by atoms with Gasteiger partial charge in [-0.25, -0.2) is 19.7 Å². The largest absolute Gasteiger partial charge is 0.490 e. The average Bonchev–Trinajstić information content (AvgIpc) is 3.61. The number of alkyl halides is 3. The lowest BCUT2D eigenvalue weighted by atomic mass is 9.90. The highest BCUT2D eigenvalue weighted by Gasteiger charge is 2.58. The van der Waals surface area contributed by atoms with Crippen LogP contribution in [0.1, 0.15) is 37.2 Å². The Kier molecular flexibility index (Phi) is 6.32. The SMILES string of the molecule is CNc1ncc(-c2nc3cc(C4CCNCC4)ccc3o2)c2cc(NC(=O)C3(OC(=O)C(F)(F)F)CC3)ncc12. The molecule has 1 aliphatic heterocycles. The van der Waals surface area contributed by atoms with Crippen molar-refractivity contribution in [3.63, 3.8) is 0 Å². The van der Waals surface area contributed by atoms with Crippen LogP contribution in [-0.2, 0) is 14.3 Å². The molecule has 1 aromatic carbocycles. The Bertz CT molecular complexity index is 1630. The van der Waals surface area contributed by atoms with Crippen molar-refractivity contribution in [1.29, 1.82) is 0 Å². The van der Waals surface area contributed by atoms with Crippen LogP contribution in [0.3, 0.4) is 0 Å². The van der Waals surface area contributed by atoms with Crippen LogP contribution in [0.25, 0.3) is 33.3 Å². The summed E-state index contributed by atoms with van der Waals surface area (Å²) in [5.74, 6) is -1.94. The second-order valence-electron chi connectivity index (χ2n) is 9.99. The van der Waals surface area contributed by atoms with Gasteiger partial charge in [0.05, 0.1) is 5.56 Å². The first-order chi connectivity index (χ1) is 19.2. The first-order valence-electron chi connectivity index (χ1n) is 12.9. The van der Waals surface area contributed by atoms with Crippen LogP contribution >= 0.6 is 0 Å². The summed E-state index contributed by atoms with van der Waals surface area (Å²) in [6.45, 7) is 1.95. The number of halogens is 3. The van der Waals surface area contributed by atoms with Gasteiger partial charge in [0.15, 0.2) is 11.2 Å². The number of benzene rings is 1. The number of ether oxygens (including phenoxy) is 1. The van der Waals surface area contributed by atoms with E-state index in [-0.39, 0.29) is 18.7 Å². The molecule has 6 rings (SSSR count). The summed E-state index contributed by atoms with van der Waals surface area (Å²) in [5, 5.41) is 10.1. The highest BCUT2D eigenvalue weighted by molar-refractivity contribution is 6.05. The zero-order valence-electron chi connectivity index (χ0n) is 21.4. The van der Waals surface area contributed by atoms with E-state index in [0.717, 1.165) is 25.9 Å². The summed E-state index contributed by atoms with van der Waals surface area (Å²) in [6.07, 6.45) is -0.0668. The molecule has 1 saturated heterocycles. The quantitative estimate of drug-likeness (QED) is 0.294. The molecule has 13 heteroatoms. The van der Waals surface area contributed by atoms with Crippen LogP contribution in [-0.4, -0.2) is 58.7 Å². The molecular weight excluding hydrogens is 529 g/mol. The molecule has 1 amide bonds. The number of aromatic nitrogens is 3. The summed E-state index contributed by atoms with van der Waals surface area (Å²) in [5.41, 5.74) is 1.20. The van der Waals surface area contributed by atoms with Crippen molar-refractivity contribution < 1.29 is 31.9 Å². The summed E-state index contributed by atoms with van der Waals surface area (Å²) in [7, 11) is 1.70. The highest BCUT2D eigenvalue weighted by Crippen LogP contribution is 2.42. The molecule has 0 spiro atoms. The van der Waals surface area contributed by atoms with Gasteiger partial charge in [-0.05, 0) is 55.6 Å². The fourth-order valence-electron chi connectivity index (χ4n) is 5.00. The van der Waals surface area contributed by atoms with Crippen LogP contribution in [0, 0.1) is 0 Å². The van der Waals surface area contributed by atoms with E-state index in [9.17, 15) is 22.8 Å². The molecule has 10 nitrogen and oxygen atoms in total. The number of pyridine rings is 2. The number of fused-ring (bicyclic) bond motifs is 2. The molecule has 0 unspecified atom stereocenters. The van der Waals surface area contributed by atoms with Crippen molar-refractivity contribution in [3.8, 4) is 11.5 Å². The molecule has 40 heavy (non-hydrogen) atoms. The highest BCUT2D eigenvalue weighted by atomic mass is 19.4. The lowest BCUT2D eigenvalue weighted by Gasteiger charge is -2.22. The summed E-state index contributed by atoms with van der Waals surface area (Å²) in [4.78, 5) is 37.5. The molecule has 208 valence electrons. The number of hydrogen-bond acceptors (Lipinski definition) is 9. The topological polar surface area (TPSA) is 131 Å². The van der Waals surface area contributed by atoms with Gasteiger partial charge in [0.1, 0.15) is 17.2 Å². The van der Waals surface area contributed by atoms with E-state index in [1.807, 2.05) is 12.1 Å². The van der Waals surface area contributed by atoms with Crippen LogP contribution in [0.4, 0.5) is 24.8 Å². The van der Waals surface area contributed by atoms with Crippen molar-refractivity contribution in [2.45, 2.75) is 43.4 Å². The molecule has 2 aliphatic rings. The standard InChI is InChI=1S/C27H25F3N6O4/c1-31-22-17-12-33-21(36-24(37)26(6-7-26)40-25(38)27(28,29)30)11-16(17)18(13-34-22)23-35-19-10-15(2-3-20(19)39-23)14-4-8-32-9-5-14/h2-3,10-14,32H,4-9H2,1H3,(H,31,34)(H,33,36,37). The van der Waals surface area contributed by atoms with Crippen LogP contribution in [0.15, 0.2) is 41.1 Å². The third-order valence-corrected chi connectivity index (χ3v) is 7.34. The third-order valence-electron chi connectivity index (χ3n) is 7.34. The maximum Gasteiger partial charge on any atom is 0.490 e. The number of piperidine rings is 1. The molecule has 1 saturated carbocycles. The number of amides is 1. The number of anilines is 2. The van der Waals surface area contributed by atoms with Crippen LogP contribution in [0.5, 0.6) is 0 Å². The van der Waals surface area contributed by atoms with Gasteiger partial charge in [-0.15, -0.1) is 0 Å². The molecule has 3 N–H and O–H groups in total.